The summed E-state index contributed by atoms with van der Waals surface area (Å²) in [5.74, 6) is -0.508. The Bertz CT molecular complexity index is 1530. The molecule has 0 fully saturated rings. The van der Waals surface area contributed by atoms with Crippen molar-refractivity contribution in [1.29, 1.82) is 5.26 Å². The highest BCUT2D eigenvalue weighted by Gasteiger charge is 2.41. The number of rotatable bonds is 1. The molecular weight excluding hydrogens is 388 g/mol. The van der Waals surface area contributed by atoms with Crippen LogP contribution in [0.3, 0.4) is 0 Å². The van der Waals surface area contributed by atoms with Crippen LogP contribution < -0.4 is 11.3 Å². The molecule has 2 aliphatic carbocycles. The van der Waals surface area contributed by atoms with Gasteiger partial charge in [-0.25, -0.2) is 5.10 Å². The topological polar surface area (TPSA) is 113 Å². The van der Waals surface area contributed by atoms with Crippen LogP contribution in [-0.2, 0) is 13.6 Å². The molecule has 7 nitrogen and oxygen atoms in total. The molecule has 2 atom stereocenters. The van der Waals surface area contributed by atoms with Crippen molar-refractivity contribution in [2.75, 3.05) is 0 Å². The molecule has 0 saturated heterocycles. The third kappa shape index (κ3) is 2.28. The molecule has 150 valence electrons. The molecule has 31 heavy (non-hydrogen) atoms. The van der Waals surface area contributed by atoms with Gasteiger partial charge in [-0.2, -0.15) is 15.5 Å². The van der Waals surface area contributed by atoms with E-state index in [4.69, 9.17) is 5.73 Å². The van der Waals surface area contributed by atoms with Crippen LogP contribution in [0.4, 0.5) is 0 Å². The molecule has 2 heterocycles. The molecular formula is C24H18N6O. The number of aryl methyl sites for hydroxylation is 1. The lowest BCUT2D eigenvalue weighted by molar-refractivity contribution is 0.643. The van der Waals surface area contributed by atoms with Gasteiger partial charge in [-0.15, -0.1) is 0 Å². The zero-order chi connectivity index (χ0) is 21.3. The molecule has 2 aliphatic rings. The van der Waals surface area contributed by atoms with E-state index in [-0.39, 0.29) is 23.9 Å². The molecule has 0 spiro atoms. The minimum Gasteiger partial charge on any atom is -0.325 e. The number of nitriles is 1. The second-order valence-corrected chi connectivity index (χ2v) is 8.03. The lowest BCUT2D eigenvalue weighted by Crippen LogP contribution is -2.23. The summed E-state index contributed by atoms with van der Waals surface area (Å²) in [5, 5.41) is 22.7. The molecule has 3 N–H and O–H groups in total. The number of allylic oxidation sites excluding steroid dienone is 1. The zero-order valence-corrected chi connectivity index (χ0v) is 16.8. The van der Waals surface area contributed by atoms with E-state index in [9.17, 15) is 10.1 Å². The van der Waals surface area contributed by atoms with Crippen molar-refractivity contribution < 1.29 is 0 Å². The molecule has 1 unspecified atom stereocenters. The number of benzene rings is 2. The van der Waals surface area contributed by atoms with E-state index in [0.717, 1.165) is 44.5 Å². The highest BCUT2D eigenvalue weighted by Crippen LogP contribution is 2.55. The van der Waals surface area contributed by atoms with E-state index in [1.54, 1.807) is 0 Å². The molecule has 7 heteroatoms. The molecule has 0 aliphatic heterocycles. The number of nitrogens with zero attached hydrogens (tertiary/aromatic N) is 4. The summed E-state index contributed by atoms with van der Waals surface area (Å²) in [6, 6.07) is 14.5. The zero-order valence-electron chi connectivity index (χ0n) is 16.8. The van der Waals surface area contributed by atoms with E-state index in [1.807, 2.05) is 54.3 Å². The Hall–Kier alpha value is -4.02. The van der Waals surface area contributed by atoms with Crippen LogP contribution in [0.15, 0.2) is 47.4 Å². The first kappa shape index (κ1) is 17.8. The predicted octanol–water partition coefficient (Wildman–Crippen LogP) is 3.04. The summed E-state index contributed by atoms with van der Waals surface area (Å²) in [6.07, 6.45) is 3.99. The van der Waals surface area contributed by atoms with Gasteiger partial charge in [-0.3, -0.25) is 9.48 Å². The van der Waals surface area contributed by atoms with Gasteiger partial charge in [-0.1, -0.05) is 30.3 Å². The quantitative estimate of drug-likeness (QED) is 0.504. The number of nitrogens with two attached hydrogens (primary N) is 1. The third-order valence-corrected chi connectivity index (χ3v) is 6.53. The second-order valence-electron chi connectivity index (χ2n) is 8.03. The van der Waals surface area contributed by atoms with Gasteiger partial charge in [0.15, 0.2) is 0 Å². The van der Waals surface area contributed by atoms with Crippen LogP contribution >= 0.6 is 0 Å². The van der Waals surface area contributed by atoms with Gasteiger partial charge in [0.2, 0.25) is 0 Å². The average molecular weight is 406 g/mol. The van der Waals surface area contributed by atoms with Crippen molar-refractivity contribution in [3.63, 3.8) is 0 Å². The Morgan fingerprint density at radius 1 is 1.19 bits per heavy atom. The highest BCUT2D eigenvalue weighted by molar-refractivity contribution is 6.03. The van der Waals surface area contributed by atoms with Gasteiger partial charge >= 0.3 is 0 Å². The molecule has 0 amide bonds. The Morgan fingerprint density at radius 3 is 2.81 bits per heavy atom. The summed E-state index contributed by atoms with van der Waals surface area (Å²) < 4.78 is 1.86. The van der Waals surface area contributed by atoms with Crippen molar-refractivity contribution in [3.8, 4) is 17.2 Å². The molecule has 2 aromatic carbocycles. The maximum absolute atomic E-state index is 12.6. The minimum atomic E-state index is -0.343. The molecule has 0 radical (unpaired) electrons. The second kappa shape index (κ2) is 6.24. The van der Waals surface area contributed by atoms with E-state index in [0.29, 0.717) is 11.1 Å². The summed E-state index contributed by atoms with van der Waals surface area (Å²) in [4.78, 5) is 12.6. The fourth-order valence-electron chi connectivity index (χ4n) is 5.14. The number of H-pyrrole nitrogens is 1. The fraction of sp³-hybridized carbons (Fsp3) is 0.167. The largest absolute Gasteiger partial charge is 0.325 e. The van der Waals surface area contributed by atoms with Crippen LogP contribution in [-0.4, -0.2) is 20.0 Å². The Balaban J connectivity index is 1.77. The normalized spacial score (nSPS) is 18.4. The Labute approximate surface area is 177 Å². The van der Waals surface area contributed by atoms with Gasteiger partial charge in [0, 0.05) is 30.5 Å². The van der Waals surface area contributed by atoms with Crippen LogP contribution in [0.1, 0.15) is 39.9 Å². The SMILES string of the molecule is Cn1ncc2c1[C@@H]1C(=Cc3ccccc3C1C#N)c1cc3c(=O)[nH]nc(CN)c3cc1-2. The fourth-order valence-corrected chi connectivity index (χ4v) is 5.14. The monoisotopic (exact) mass is 406 g/mol. The summed E-state index contributed by atoms with van der Waals surface area (Å²) in [6.45, 7) is 0.223. The number of aromatic nitrogens is 4. The van der Waals surface area contributed by atoms with Crippen molar-refractivity contribution in [2.45, 2.75) is 18.4 Å². The summed E-state index contributed by atoms with van der Waals surface area (Å²) in [7, 11) is 1.91. The average Bonchev–Trinajstić information content (AvgIpc) is 3.19. The molecule has 2 aromatic heterocycles. The smallest absolute Gasteiger partial charge is 0.272 e. The van der Waals surface area contributed by atoms with Gasteiger partial charge in [0.05, 0.1) is 35.0 Å². The standard InChI is InChI=1S/C24H18N6O/c1-30-23-20(11-27-30)15-7-16-18(24(31)29-28-21(16)10-26)8-14(15)17-6-12-4-2-3-5-13(12)19(9-25)22(17)23/h2-8,11,19,22H,10,26H2,1H3,(H,29,31)/t19?,22-/m1/s1. The number of fused-ring (bicyclic) bond motifs is 8. The first-order valence-electron chi connectivity index (χ1n) is 10.1. The van der Waals surface area contributed by atoms with Crippen LogP contribution in [0.5, 0.6) is 0 Å². The number of nitrogens with one attached hydrogen (secondary N) is 1. The Kier molecular flexibility index (Phi) is 3.58. The number of hydrogen-bond acceptors (Lipinski definition) is 5. The van der Waals surface area contributed by atoms with Gasteiger partial charge < -0.3 is 5.73 Å². The molecule has 4 aromatic rings. The first-order valence-corrected chi connectivity index (χ1v) is 10.1. The van der Waals surface area contributed by atoms with E-state index in [2.05, 4.69) is 27.4 Å². The minimum absolute atomic E-state index is 0.165. The Morgan fingerprint density at radius 2 is 2.00 bits per heavy atom. The van der Waals surface area contributed by atoms with E-state index in [1.165, 1.54) is 0 Å². The highest BCUT2D eigenvalue weighted by atomic mass is 16.1. The lowest BCUT2D eigenvalue weighted by atomic mass is 9.67. The van der Waals surface area contributed by atoms with E-state index >= 15 is 0 Å². The maximum Gasteiger partial charge on any atom is 0.272 e. The lowest BCUT2D eigenvalue weighted by Gasteiger charge is -2.35. The van der Waals surface area contributed by atoms with Crippen LogP contribution in [0.2, 0.25) is 0 Å². The third-order valence-electron chi connectivity index (χ3n) is 6.53. The first-order chi connectivity index (χ1) is 15.1. The van der Waals surface area contributed by atoms with Gasteiger partial charge in [0.1, 0.15) is 0 Å². The number of hydrogen-bond donors (Lipinski definition) is 2. The van der Waals surface area contributed by atoms with Crippen molar-refractivity contribution in [2.24, 2.45) is 12.8 Å². The molecule has 0 saturated carbocycles. The van der Waals surface area contributed by atoms with Crippen molar-refractivity contribution >= 4 is 22.4 Å². The van der Waals surface area contributed by atoms with Crippen LogP contribution in [0.25, 0.3) is 33.5 Å². The molecule has 6 rings (SSSR count). The van der Waals surface area contributed by atoms with Gasteiger partial charge in [0.25, 0.3) is 5.56 Å². The molecule has 0 bridgehead atoms. The van der Waals surface area contributed by atoms with E-state index < -0.39 is 0 Å². The van der Waals surface area contributed by atoms with Gasteiger partial charge in [-0.05, 0) is 40.0 Å². The van der Waals surface area contributed by atoms with Crippen molar-refractivity contribution in [1.82, 2.24) is 20.0 Å². The van der Waals surface area contributed by atoms with Crippen molar-refractivity contribution in [3.05, 3.63) is 81.0 Å². The number of aromatic amines is 1. The maximum atomic E-state index is 12.6. The predicted molar refractivity (Wildman–Crippen MR) is 118 cm³/mol. The summed E-state index contributed by atoms with van der Waals surface area (Å²) in [5.41, 5.74) is 13.3. The van der Waals surface area contributed by atoms with Crippen LogP contribution in [0, 0.1) is 11.3 Å². The summed E-state index contributed by atoms with van der Waals surface area (Å²) >= 11 is 0.